The molecule has 3 aromatic rings. The van der Waals surface area contributed by atoms with Gasteiger partial charge in [-0.2, -0.15) is 0 Å². The lowest BCUT2D eigenvalue weighted by atomic mass is 10.0. The first-order valence-electron chi connectivity index (χ1n) is 9.80. The first-order chi connectivity index (χ1) is 15.3. The minimum atomic E-state index is -0.736. The summed E-state index contributed by atoms with van der Waals surface area (Å²) in [5, 5.41) is 9.28. The molecule has 4 rings (SSSR count). The predicted molar refractivity (Wildman–Crippen MR) is 122 cm³/mol. The number of halogens is 2. The molecular formula is C22H18Cl2N4O4. The largest absolute Gasteiger partial charge is 0.334 e. The second-order valence-corrected chi connectivity index (χ2v) is 8.11. The number of urea groups is 1. The van der Waals surface area contributed by atoms with E-state index in [1.807, 2.05) is 0 Å². The van der Waals surface area contributed by atoms with Crippen molar-refractivity contribution in [2.24, 2.45) is 0 Å². The van der Waals surface area contributed by atoms with Crippen LogP contribution in [0.5, 0.6) is 0 Å². The number of hydrogen-bond donors (Lipinski definition) is 3. The molecule has 1 atom stereocenters. The Hall–Kier alpha value is -3.36. The van der Waals surface area contributed by atoms with Crippen LogP contribution >= 0.6 is 23.2 Å². The van der Waals surface area contributed by atoms with Crippen LogP contribution in [0, 0.1) is 0 Å². The van der Waals surface area contributed by atoms with E-state index in [4.69, 9.17) is 23.2 Å². The molecule has 0 saturated carbocycles. The third kappa shape index (κ3) is 4.46. The highest BCUT2D eigenvalue weighted by atomic mass is 35.5. The Kier molecular flexibility index (Phi) is 6.16. The molecule has 10 heteroatoms. The second-order valence-electron chi connectivity index (χ2n) is 7.33. The van der Waals surface area contributed by atoms with Crippen molar-refractivity contribution >= 4 is 57.5 Å². The maximum atomic E-state index is 13.0. The first-order valence-corrected chi connectivity index (χ1v) is 10.6. The molecule has 4 amide bonds. The molecule has 1 aliphatic heterocycles. The molecule has 1 aliphatic rings. The molecule has 0 spiro atoms. The van der Waals surface area contributed by atoms with Crippen LogP contribution in [-0.2, 0) is 16.1 Å². The van der Waals surface area contributed by atoms with E-state index in [-0.39, 0.29) is 35.9 Å². The number of amides is 4. The Morgan fingerprint density at radius 1 is 1.12 bits per heavy atom. The van der Waals surface area contributed by atoms with Gasteiger partial charge in [-0.3, -0.25) is 19.7 Å². The minimum Gasteiger partial charge on any atom is -0.334 e. The fraction of sp³-hybridized carbons (Fsp3) is 0.182. The number of hydrogen-bond acceptors (Lipinski definition) is 4. The Morgan fingerprint density at radius 2 is 1.94 bits per heavy atom. The smallest absolute Gasteiger partial charge is 0.319 e. The van der Waals surface area contributed by atoms with Crippen LogP contribution in [0.25, 0.3) is 10.8 Å². The van der Waals surface area contributed by atoms with Crippen LogP contribution in [-0.4, -0.2) is 22.4 Å². The minimum absolute atomic E-state index is 0.159. The van der Waals surface area contributed by atoms with E-state index in [0.29, 0.717) is 27.0 Å². The van der Waals surface area contributed by atoms with Crippen molar-refractivity contribution in [2.45, 2.75) is 25.4 Å². The number of anilines is 1. The molecule has 1 aromatic heterocycles. The molecule has 0 bridgehead atoms. The number of aromatic nitrogens is 1. The van der Waals surface area contributed by atoms with E-state index in [0.717, 1.165) is 0 Å². The Balaban J connectivity index is 1.51. The second kappa shape index (κ2) is 9.02. The lowest BCUT2D eigenvalue weighted by molar-refractivity contribution is -0.135. The van der Waals surface area contributed by atoms with Crippen LogP contribution in [0.15, 0.2) is 53.5 Å². The van der Waals surface area contributed by atoms with E-state index >= 15 is 0 Å². The zero-order valence-corrected chi connectivity index (χ0v) is 18.2. The van der Waals surface area contributed by atoms with E-state index in [9.17, 15) is 19.2 Å². The molecule has 3 N–H and O–H groups in total. The van der Waals surface area contributed by atoms with Gasteiger partial charge in [-0.1, -0.05) is 41.4 Å². The van der Waals surface area contributed by atoms with Crippen molar-refractivity contribution in [3.63, 3.8) is 0 Å². The van der Waals surface area contributed by atoms with Gasteiger partial charge in [0, 0.05) is 24.5 Å². The van der Waals surface area contributed by atoms with Crippen molar-refractivity contribution in [1.29, 1.82) is 0 Å². The number of nitrogens with zero attached hydrogens (tertiary/aromatic N) is 1. The zero-order chi connectivity index (χ0) is 22.8. The van der Waals surface area contributed by atoms with Crippen molar-refractivity contribution in [1.82, 2.24) is 15.2 Å². The number of piperidine rings is 1. The maximum absolute atomic E-state index is 13.0. The van der Waals surface area contributed by atoms with E-state index in [2.05, 4.69) is 16.0 Å². The van der Waals surface area contributed by atoms with Crippen molar-refractivity contribution in [3.05, 3.63) is 74.6 Å². The van der Waals surface area contributed by atoms with Gasteiger partial charge in [0.05, 0.1) is 15.7 Å². The van der Waals surface area contributed by atoms with Gasteiger partial charge >= 0.3 is 6.03 Å². The molecule has 0 radical (unpaired) electrons. The molecule has 32 heavy (non-hydrogen) atoms. The average Bonchev–Trinajstić information content (AvgIpc) is 2.76. The molecular weight excluding hydrogens is 455 g/mol. The normalized spacial score (nSPS) is 16.0. The van der Waals surface area contributed by atoms with Gasteiger partial charge in [-0.15, -0.1) is 0 Å². The SMILES string of the molecule is O=C1CCC(n2ccc3ccc(CNC(=O)Nc4cccc(Cl)c4Cl)cc3c2=O)C(=O)N1. The summed E-state index contributed by atoms with van der Waals surface area (Å²) in [5.41, 5.74) is 0.735. The average molecular weight is 473 g/mol. The van der Waals surface area contributed by atoms with Crippen molar-refractivity contribution in [2.75, 3.05) is 5.32 Å². The highest BCUT2D eigenvalue weighted by molar-refractivity contribution is 6.43. The third-order valence-corrected chi connectivity index (χ3v) is 6.01. The van der Waals surface area contributed by atoms with Crippen molar-refractivity contribution < 1.29 is 14.4 Å². The van der Waals surface area contributed by atoms with Crippen LogP contribution < -0.4 is 21.5 Å². The van der Waals surface area contributed by atoms with Gasteiger partial charge < -0.3 is 15.2 Å². The Bertz CT molecular complexity index is 1300. The van der Waals surface area contributed by atoms with Crippen molar-refractivity contribution in [3.8, 4) is 0 Å². The summed E-state index contributed by atoms with van der Waals surface area (Å²) in [6.45, 7) is 0.159. The number of rotatable bonds is 4. The summed E-state index contributed by atoms with van der Waals surface area (Å²) in [6.07, 6.45) is 2.00. The number of pyridine rings is 1. The highest BCUT2D eigenvalue weighted by Gasteiger charge is 2.28. The fourth-order valence-electron chi connectivity index (χ4n) is 3.55. The highest BCUT2D eigenvalue weighted by Crippen LogP contribution is 2.29. The van der Waals surface area contributed by atoms with Crippen LogP contribution in [0.2, 0.25) is 10.0 Å². The summed E-state index contributed by atoms with van der Waals surface area (Å²) < 4.78 is 1.34. The number of benzene rings is 2. The Labute approximate surface area is 192 Å². The number of carbonyl (C=O) groups excluding carboxylic acids is 3. The standard InChI is InChI=1S/C22H18Cl2N4O4/c23-15-2-1-3-16(19(15)24)26-22(32)25-11-12-4-5-13-8-9-28(21(31)14(13)10-12)17-6-7-18(29)27-20(17)30/h1-5,8-10,17H,6-7,11H2,(H2,25,26,32)(H,27,29,30). The lowest BCUT2D eigenvalue weighted by Gasteiger charge is -2.23. The number of nitrogens with one attached hydrogen (secondary N) is 3. The third-order valence-electron chi connectivity index (χ3n) is 5.20. The van der Waals surface area contributed by atoms with Crippen LogP contribution in [0.4, 0.5) is 10.5 Å². The summed E-state index contributed by atoms with van der Waals surface area (Å²) in [6, 6.07) is 10.7. The topological polar surface area (TPSA) is 109 Å². The summed E-state index contributed by atoms with van der Waals surface area (Å²) in [4.78, 5) is 48.8. The van der Waals surface area contributed by atoms with Gasteiger partial charge in [0.1, 0.15) is 6.04 Å². The number of imide groups is 1. The molecule has 1 unspecified atom stereocenters. The number of fused-ring (bicyclic) bond motifs is 1. The number of carbonyl (C=O) groups is 3. The van der Waals surface area contributed by atoms with Gasteiger partial charge in [0.2, 0.25) is 11.8 Å². The molecule has 164 valence electrons. The first kappa shape index (κ1) is 21.9. The van der Waals surface area contributed by atoms with Gasteiger partial charge in [0.15, 0.2) is 0 Å². The monoisotopic (exact) mass is 472 g/mol. The molecule has 1 fully saturated rings. The quantitative estimate of drug-likeness (QED) is 0.503. The Morgan fingerprint density at radius 3 is 2.72 bits per heavy atom. The summed E-state index contributed by atoms with van der Waals surface area (Å²) in [5.74, 6) is -0.831. The van der Waals surface area contributed by atoms with Gasteiger partial charge in [-0.05, 0) is 41.6 Å². The van der Waals surface area contributed by atoms with Gasteiger partial charge in [-0.25, -0.2) is 4.79 Å². The lowest BCUT2D eigenvalue weighted by Crippen LogP contribution is -2.44. The van der Waals surface area contributed by atoms with E-state index in [1.54, 1.807) is 48.7 Å². The fourth-order valence-corrected chi connectivity index (χ4v) is 3.90. The molecule has 8 nitrogen and oxygen atoms in total. The zero-order valence-electron chi connectivity index (χ0n) is 16.7. The summed E-state index contributed by atoms with van der Waals surface area (Å²) in [7, 11) is 0. The van der Waals surface area contributed by atoms with E-state index < -0.39 is 18.0 Å². The summed E-state index contributed by atoms with van der Waals surface area (Å²) >= 11 is 12.0. The van der Waals surface area contributed by atoms with Crippen LogP contribution in [0.3, 0.4) is 0 Å². The molecule has 0 aliphatic carbocycles. The van der Waals surface area contributed by atoms with Crippen LogP contribution in [0.1, 0.15) is 24.4 Å². The molecule has 1 saturated heterocycles. The predicted octanol–water partition coefficient (Wildman–Crippen LogP) is 3.61. The maximum Gasteiger partial charge on any atom is 0.319 e. The van der Waals surface area contributed by atoms with Gasteiger partial charge in [0.25, 0.3) is 5.56 Å². The van der Waals surface area contributed by atoms with E-state index in [1.165, 1.54) is 4.57 Å². The molecule has 2 aromatic carbocycles. The molecule has 2 heterocycles.